The standard InChI is InChI=1S/C11H9NO4S/c1-6(11(13)14)9-7-4-2-3-5-8(7)17-10(9)12(15)16/h2-6H,1H3,(H,13,14). The summed E-state index contributed by atoms with van der Waals surface area (Å²) in [5.41, 5.74) is 0.295. The highest BCUT2D eigenvalue weighted by molar-refractivity contribution is 7.22. The van der Waals surface area contributed by atoms with Crippen LogP contribution in [-0.2, 0) is 4.79 Å². The van der Waals surface area contributed by atoms with Gasteiger partial charge in [0, 0.05) is 10.1 Å². The largest absolute Gasteiger partial charge is 0.481 e. The summed E-state index contributed by atoms with van der Waals surface area (Å²) in [6.07, 6.45) is 0. The van der Waals surface area contributed by atoms with Crippen LogP contribution in [0.5, 0.6) is 0 Å². The van der Waals surface area contributed by atoms with Crippen molar-refractivity contribution in [1.82, 2.24) is 0 Å². The monoisotopic (exact) mass is 251 g/mol. The summed E-state index contributed by atoms with van der Waals surface area (Å²) in [7, 11) is 0. The summed E-state index contributed by atoms with van der Waals surface area (Å²) in [5.74, 6) is -1.94. The Morgan fingerprint density at radius 1 is 1.47 bits per heavy atom. The SMILES string of the molecule is CC(C(=O)O)c1c([N+](=O)[O-])sc2ccccc12. The number of thiophene rings is 1. The van der Waals surface area contributed by atoms with Gasteiger partial charge in [0.2, 0.25) is 0 Å². The minimum atomic E-state index is -1.06. The van der Waals surface area contributed by atoms with E-state index in [1.54, 1.807) is 24.3 Å². The Morgan fingerprint density at radius 3 is 2.71 bits per heavy atom. The number of carboxylic acids is 1. The molecule has 17 heavy (non-hydrogen) atoms. The van der Waals surface area contributed by atoms with Gasteiger partial charge in [0.25, 0.3) is 0 Å². The number of rotatable bonds is 3. The topological polar surface area (TPSA) is 80.4 Å². The van der Waals surface area contributed by atoms with Crippen molar-refractivity contribution in [2.75, 3.05) is 0 Å². The molecule has 5 nitrogen and oxygen atoms in total. The van der Waals surface area contributed by atoms with Crippen molar-refractivity contribution in [3.05, 3.63) is 39.9 Å². The Balaban J connectivity index is 2.76. The van der Waals surface area contributed by atoms with Crippen LogP contribution in [0.3, 0.4) is 0 Å². The molecule has 2 aromatic rings. The van der Waals surface area contributed by atoms with Crippen LogP contribution < -0.4 is 0 Å². The second kappa shape index (κ2) is 4.14. The van der Waals surface area contributed by atoms with E-state index >= 15 is 0 Å². The van der Waals surface area contributed by atoms with Gasteiger partial charge in [-0.2, -0.15) is 0 Å². The second-order valence-corrected chi connectivity index (χ2v) is 4.66. The van der Waals surface area contributed by atoms with E-state index in [1.807, 2.05) is 0 Å². The zero-order valence-electron chi connectivity index (χ0n) is 8.91. The van der Waals surface area contributed by atoms with Crippen LogP contribution in [0.25, 0.3) is 10.1 Å². The molecule has 0 bridgehead atoms. The average Bonchev–Trinajstić information content (AvgIpc) is 2.67. The zero-order chi connectivity index (χ0) is 12.6. The molecule has 6 heteroatoms. The fraction of sp³-hybridized carbons (Fsp3) is 0.182. The molecule has 0 saturated carbocycles. The minimum absolute atomic E-state index is 0.0823. The molecule has 2 rings (SSSR count). The summed E-state index contributed by atoms with van der Waals surface area (Å²) in [6, 6.07) is 6.99. The number of hydrogen-bond acceptors (Lipinski definition) is 4. The van der Waals surface area contributed by atoms with Crippen LogP contribution in [0.1, 0.15) is 18.4 Å². The number of nitro groups is 1. The predicted octanol–water partition coefficient (Wildman–Crippen LogP) is 3.00. The van der Waals surface area contributed by atoms with Gasteiger partial charge in [0.1, 0.15) is 0 Å². The maximum absolute atomic E-state index is 11.0. The van der Waals surface area contributed by atoms with Crippen LogP contribution in [0, 0.1) is 10.1 Å². The lowest BCUT2D eigenvalue weighted by molar-refractivity contribution is -0.380. The molecule has 0 fully saturated rings. The number of nitrogens with zero attached hydrogens (tertiary/aromatic N) is 1. The lowest BCUT2D eigenvalue weighted by atomic mass is 10.00. The van der Waals surface area contributed by atoms with Gasteiger partial charge in [-0.15, -0.1) is 0 Å². The first kappa shape index (κ1) is 11.5. The van der Waals surface area contributed by atoms with E-state index in [-0.39, 0.29) is 5.00 Å². The molecule has 1 heterocycles. The zero-order valence-corrected chi connectivity index (χ0v) is 9.73. The quantitative estimate of drug-likeness (QED) is 0.671. The van der Waals surface area contributed by atoms with Crippen LogP contribution in [0.2, 0.25) is 0 Å². The van der Waals surface area contributed by atoms with E-state index in [4.69, 9.17) is 5.11 Å². The van der Waals surface area contributed by atoms with E-state index in [0.717, 1.165) is 16.0 Å². The van der Waals surface area contributed by atoms with E-state index in [9.17, 15) is 14.9 Å². The third-order valence-corrected chi connectivity index (χ3v) is 3.72. The molecule has 88 valence electrons. The van der Waals surface area contributed by atoms with Gasteiger partial charge in [-0.1, -0.05) is 29.5 Å². The smallest absolute Gasteiger partial charge is 0.329 e. The molecule has 1 aromatic carbocycles. The molecule has 0 spiro atoms. The number of carboxylic acid groups (broad SMARTS) is 1. The number of hydrogen-bond donors (Lipinski definition) is 1. The molecule has 0 aliphatic carbocycles. The lowest BCUT2D eigenvalue weighted by Crippen LogP contribution is -2.08. The van der Waals surface area contributed by atoms with Gasteiger partial charge in [-0.3, -0.25) is 14.9 Å². The van der Waals surface area contributed by atoms with Gasteiger partial charge < -0.3 is 5.11 Å². The van der Waals surface area contributed by atoms with Crippen molar-refractivity contribution in [1.29, 1.82) is 0 Å². The molecular formula is C11H9NO4S. The molecular weight excluding hydrogens is 242 g/mol. The van der Waals surface area contributed by atoms with E-state index in [2.05, 4.69) is 0 Å². The van der Waals surface area contributed by atoms with Crippen molar-refractivity contribution in [3.63, 3.8) is 0 Å². The first-order chi connectivity index (χ1) is 8.02. The summed E-state index contributed by atoms with van der Waals surface area (Å²) < 4.78 is 0.738. The lowest BCUT2D eigenvalue weighted by Gasteiger charge is -2.04. The van der Waals surface area contributed by atoms with Crippen LogP contribution in [0.4, 0.5) is 5.00 Å². The van der Waals surface area contributed by atoms with Gasteiger partial charge >= 0.3 is 11.0 Å². The summed E-state index contributed by atoms with van der Waals surface area (Å²) in [6.45, 7) is 1.46. The second-order valence-electron chi connectivity index (χ2n) is 3.63. The first-order valence-electron chi connectivity index (χ1n) is 4.91. The molecule has 1 aromatic heterocycles. The number of fused-ring (bicyclic) bond motifs is 1. The van der Waals surface area contributed by atoms with Crippen molar-refractivity contribution in [3.8, 4) is 0 Å². The molecule has 1 atom stereocenters. The highest BCUT2D eigenvalue weighted by atomic mass is 32.1. The molecule has 1 N–H and O–H groups in total. The van der Waals surface area contributed by atoms with Crippen molar-refractivity contribution >= 4 is 32.4 Å². The average molecular weight is 251 g/mol. The number of aliphatic carboxylic acids is 1. The summed E-state index contributed by atoms with van der Waals surface area (Å²) >= 11 is 1.02. The number of carbonyl (C=O) groups is 1. The van der Waals surface area contributed by atoms with Gasteiger partial charge in [-0.05, 0) is 13.0 Å². The molecule has 0 aliphatic rings. The summed E-state index contributed by atoms with van der Waals surface area (Å²) in [4.78, 5) is 21.4. The Morgan fingerprint density at radius 2 is 2.12 bits per heavy atom. The van der Waals surface area contributed by atoms with Gasteiger partial charge in [0.05, 0.1) is 16.4 Å². The Bertz CT molecular complexity index is 605. The van der Waals surface area contributed by atoms with E-state index < -0.39 is 16.8 Å². The minimum Gasteiger partial charge on any atom is -0.481 e. The fourth-order valence-corrected chi connectivity index (χ4v) is 2.84. The summed E-state index contributed by atoms with van der Waals surface area (Å²) in [5, 5.41) is 20.5. The highest BCUT2D eigenvalue weighted by Crippen LogP contribution is 2.41. The maximum atomic E-state index is 11.0. The molecule has 0 radical (unpaired) electrons. The van der Waals surface area contributed by atoms with Crippen LogP contribution >= 0.6 is 11.3 Å². The van der Waals surface area contributed by atoms with Gasteiger partial charge in [0.15, 0.2) is 0 Å². The third-order valence-electron chi connectivity index (χ3n) is 2.58. The molecule has 0 saturated heterocycles. The predicted molar refractivity (Wildman–Crippen MR) is 64.5 cm³/mol. The van der Waals surface area contributed by atoms with Gasteiger partial charge in [-0.25, -0.2) is 0 Å². The van der Waals surface area contributed by atoms with Crippen LogP contribution in [-0.4, -0.2) is 16.0 Å². The van der Waals surface area contributed by atoms with Crippen LogP contribution in [0.15, 0.2) is 24.3 Å². The van der Waals surface area contributed by atoms with E-state index in [0.29, 0.717) is 10.9 Å². The Kier molecular flexibility index (Phi) is 2.81. The van der Waals surface area contributed by atoms with E-state index in [1.165, 1.54) is 6.92 Å². The van der Waals surface area contributed by atoms with Crippen molar-refractivity contribution < 1.29 is 14.8 Å². The molecule has 1 unspecified atom stereocenters. The Hall–Kier alpha value is -1.95. The highest BCUT2D eigenvalue weighted by Gasteiger charge is 2.29. The van der Waals surface area contributed by atoms with Crippen molar-refractivity contribution in [2.24, 2.45) is 0 Å². The molecule has 0 amide bonds. The first-order valence-corrected chi connectivity index (χ1v) is 5.72. The third kappa shape index (κ3) is 1.87. The normalized spacial score (nSPS) is 12.5. The van der Waals surface area contributed by atoms with Crippen molar-refractivity contribution in [2.45, 2.75) is 12.8 Å². The molecule has 0 aliphatic heterocycles. The number of benzene rings is 1. The Labute approximate surface area is 100 Å². The maximum Gasteiger partial charge on any atom is 0.329 e. The fourth-order valence-electron chi connectivity index (χ4n) is 1.73.